The monoisotopic (exact) mass is 284 g/mol. The third-order valence-corrected chi connectivity index (χ3v) is 5.49. The van der Waals surface area contributed by atoms with Crippen molar-refractivity contribution in [3.05, 3.63) is 33.9 Å². The molecule has 0 saturated carbocycles. The second kappa shape index (κ2) is 4.90. The second-order valence-electron chi connectivity index (χ2n) is 4.81. The Morgan fingerprint density at radius 3 is 2.63 bits per heavy atom. The van der Waals surface area contributed by atoms with Crippen LogP contribution in [0, 0.1) is 17.0 Å². The molecule has 104 valence electrons. The van der Waals surface area contributed by atoms with Crippen LogP contribution in [0.5, 0.6) is 0 Å². The Morgan fingerprint density at radius 2 is 2.11 bits per heavy atom. The molecule has 1 aromatic rings. The van der Waals surface area contributed by atoms with Crippen LogP contribution < -0.4 is 0 Å². The van der Waals surface area contributed by atoms with E-state index in [-0.39, 0.29) is 16.6 Å². The van der Waals surface area contributed by atoms with Crippen molar-refractivity contribution in [2.45, 2.75) is 37.6 Å². The van der Waals surface area contributed by atoms with Gasteiger partial charge in [-0.1, -0.05) is 6.07 Å². The summed E-state index contributed by atoms with van der Waals surface area (Å²) >= 11 is 0. The molecular formula is C12H16N2O4S. The van der Waals surface area contributed by atoms with Crippen molar-refractivity contribution in [3.63, 3.8) is 0 Å². The maximum Gasteiger partial charge on any atom is 0.273 e. The van der Waals surface area contributed by atoms with Crippen LogP contribution >= 0.6 is 0 Å². The average Bonchev–Trinajstić information content (AvgIpc) is 2.76. The molecule has 1 unspecified atom stereocenters. The molecule has 19 heavy (non-hydrogen) atoms. The summed E-state index contributed by atoms with van der Waals surface area (Å²) in [5, 5.41) is 10.9. The standard InChI is InChI=1S/C12H16N2O4S/c1-9-5-6-11(8-12(9)14(15)16)19(17,18)13-7-3-4-10(13)2/h5-6,8,10H,3-4,7H2,1-2H3. The zero-order valence-corrected chi connectivity index (χ0v) is 11.7. The Bertz CT molecular complexity index is 612. The van der Waals surface area contributed by atoms with Crippen molar-refractivity contribution in [3.8, 4) is 0 Å². The van der Waals surface area contributed by atoms with E-state index >= 15 is 0 Å². The molecule has 0 amide bonds. The molecule has 1 heterocycles. The largest absolute Gasteiger partial charge is 0.273 e. The summed E-state index contributed by atoms with van der Waals surface area (Å²) in [6.07, 6.45) is 1.65. The van der Waals surface area contributed by atoms with Crippen LogP contribution in [0.1, 0.15) is 25.3 Å². The van der Waals surface area contributed by atoms with Gasteiger partial charge >= 0.3 is 0 Å². The van der Waals surface area contributed by atoms with Gasteiger partial charge in [0.25, 0.3) is 5.69 Å². The van der Waals surface area contributed by atoms with E-state index in [1.54, 1.807) is 6.92 Å². The Hall–Kier alpha value is -1.47. The first-order valence-corrected chi connectivity index (χ1v) is 7.55. The van der Waals surface area contributed by atoms with Gasteiger partial charge in [0.15, 0.2) is 0 Å². The highest BCUT2D eigenvalue weighted by atomic mass is 32.2. The zero-order valence-electron chi connectivity index (χ0n) is 10.9. The van der Waals surface area contributed by atoms with Crippen molar-refractivity contribution in [1.29, 1.82) is 0 Å². The quantitative estimate of drug-likeness (QED) is 0.628. The van der Waals surface area contributed by atoms with E-state index < -0.39 is 14.9 Å². The van der Waals surface area contributed by atoms with Crippen molar-refractivity contribution in [1.82, 2.24) is 4.31 Å². The molecule has 2 rings (SSSR count). The van der Waals surface area contributed by atoms with Crippen LogP contribution in [0.25, 0.3) is 0 Å². The van der Waals surface area contributed by atoms with Gasteiger partial charge in [-0.2, -0.15) is 4.31 Å². The fraction of sp³-hybridized carbons (Fsp3) is 0.500. The molecule has 0 bridgehead atoms. The smallest absolute Gasteiger partial charge is 0.258 e. The topological polar surface area (TPSA) is 80.5 Å². The maximum absolute atomic E-state index is 12.4. The lowest BCUT2D eigenvalue weighted by atomic mass is 10.2. The van der Waals surface area contributed by atoms with Crippen molar-refractivity contribution in [2.75, 3.05) is 6.54 Å². The van der Waals surface area contributed by atoms with E-state index in [0.717, 1.165) is 18.9 Å². The Morgan fingerprint density at radius 1 is 1.42 bits per heavy atom. The molecule has 1 aliphatic rings. The Balaban J connectivity index is 2.46. The first kappa shape index (κ1) is 14.0. The molecule has 7 heteroatoms. The van der Waals surface area contributed by atoms with Gasteiger partial charge in [0.05, 0.1) is 9.82 Å². The number of aryl methyl sites for hydroxylation is 1. The van der Waals surface area contributed by atoms with E-state index in [0.29, 0.717) is 12.1 Å². The molecule has 6 nitrogen and oxygen atoms in total. The summed E-state index contributed by atoms with van der Waals surface area (Å²) in [5.74, 6) is 0. The lowest BCUT2D eigenvalue weighted by Crippen LogP contribution is -2.33. The highest BCUT2D eigenvalue weighted by molar-refractivity contribution is 7.89. The minimum atomic E-state index is -3.63. The maximum atomic E-state index is 12.4. The van der Waals surface area contributed by atoms with Gasteiger partial charge in [-0.3, -0.25) is 10.1 Å². The fourth-order valence-corrected chi connectivity index (χ4v) is 4.07. The number of hydrogen-bond acceptors (Lipinski definition) is 4. The predicted molar refractivity (Wildman–Crippen MR) is 70.4 cm³/mol. The van der Waals surface area contributed by atoms with Crippen molar-refractivity contribution >= 4 is 15.7 Å². The van der Waals surface area contributed by atoms with E-state index in [4.69, 9.17) is 0 Å². The molecule has 0 aromatic heterocycles. The average molecular weight is 284 g/mol. The molecule has 0 spiro atoms. The predicted octanol–water partition coefficient (Wildman–Crippen LogP) is 2.08. The normalized spacial score (nSPS) is 20.6. The molecule has 0 radical (unpaired) electrons. The van der Waals surface area contributed by atoms with E-state index in [1.807, 2.05) is 6.92 Å². The molecule has 0 aliphatic carbocycles. The van der Waals surface area contributed by atoms with Gasteiger partial charge in [-0.05, 0) is 32.8 Å². The highest BCUT2D eigenvalue weighted by Crippen LogP contribution is 2.28. The van der Waals surface area contributed by atoms with Crippen molar-refractivity contribution in [2.24, 2.45) is 0 Å². The number of hydrogen-bond donors (Lipinski definition) is 0. The number of sulfonamides is 1. The van der Waals surface area contributed by atoms with Crippen LogP contribution in [0.15, 0.2) is 23.1 Å². The number of nitrogens with zero attached hydrogens (tertiary/aromatic N) is 2. The van der Waals surface area contributed by atoms with Crippen LogP contribution in [-0.2, 0) is 10.0 Å². The highest BCUT2D eigenvalue weighted by Gasteiger charge is 2.33. The molecular weight excluding hydrogens is 268 g/mol. The number of rotatable bonds is 3. The Labute approximate surface area is 112 Å². The van der Waals surface area contributed by atoms with Gasteiger partial charge in [-0.25, -0.2) is 8.42 Å². The van der Waals surface area contributed by atoms with E-state index in [9.17, 15) is 18.5 Å². The van der Waals surface area contributed by atoms with Crippen LogP contribution in [0.4, 0.5) is 5.69 Å². The minimum Gasteiger partial charge on any atom is -0.258 e. The third kappa shape index (κ3) is 2.48. The lowest BCUT2D eigenvalue weighted by Gasteiger charge is -2.20. The SMILES string of the molecule is Cc1ccc(S(=O)(=O)N2CCCC2C)cc1[N+](=O)[O-]. The number of benzene rings is 1. The van der Waals surface area contributed by atoms with Gasteiger partial charge in [0, 0.05) is 24.2 Å². The van der Waals surface area contributed by atoms with Gasteiger partial charge in [0.1, 0.15) is 0 Å². The zero-order chi connectivity index (χ0) is 14.2. The molecule has 1 atom stereocenters. The summed E-state index contributed by atoms with van der Waals surface area (Å²) in [4.78, 5) is 10.3. The van der Waals surface area contributed by atoms with Crippen molar-refractivity contribution < 1.29 is 13.3 Å². The fourth-order valence-electron chi connectivity index (χ4n) is 2.35. The second-order valence-corrected chi connectivity index (χ2v) is 6.70. The summed E-state index contributed by atoms with van der Waals surface area (Å²) < 4.78 is 26.3. The first-order chi connectivity index (χ1) is 8.84. The molecule has 1 fully saturated rings. The summed E-state index contributed by atoms with van der Waals surface area (Å²) in [6.45, 7) is 3.92. The third-order valence-electron chi connectivity index (χ3n) is 3.48. The molecule has 1 aromatic carbocycles. The van der Waals surface area contributed by atoms with Crippen LogP contribution in [0.3, 0.4) is 0 Å². The van der Waals surface area contributed by atoms with Gasteiger partial charge in [-0.15, -0.1) is 0 Å². The molecule has 0 N–H and O–H groups in total. The summed E-state index contributed by atoms with van der Waals surface area (Å²) in [7, 11) is -3.63. The van der Waals surface area contributed by atoms with Gasteiger partial charge < -0.3 is 0 Å². The first-order valence-electron chi connectivity index (χ1n) is 6.11. The Kier molecular flexibility index (Phi) is 3.60. The molecule has 1 saturated heterocycles. The lowest BCUT2D eigenvalue weighted by molar-refractivity contribution is -0.385. The van der Waals surface area contributed by atoms with E-state index in [2.05, 4.69) is 0 Å². The van der Waals surface area contributed by atoms with Crippen LogP contribution in [0.2, 0.25) is 0 Å². The summed E-state index contributed by atoms with van der Waals surface area (Å²) in [5.41, 5.74) is 0.298. The number of nitro groups is 1. The number of nitro benzene ring substituents is 1. The minimum absolute atomic E-state index is 0.00134. The summed E-state index contributed by atoms with van der Waals surface area (Å²) in [6, 6.07) is 4.01. The van der Waals surface area contributed by atoms with Gasteiger partial charge in [0.2, 0.25) is 10.0 Å². The van der Waals surface area contributed by atoms with Crippen LogP contribution in [-0.4, -0.2) is 30.2 Å². The molecule has 1 aliphatic heterocycles. The van der Waals surface area contributed by atoms with E-state index in [1.165, 1.54) is 16.4 Å².